The normalized spacial score (nSPS) is 21.4. The van der Waals surface area contributed by atoms with Gasteiger partial charge in [-0.2, -0.15) is 0 Å². The molecule has 5 nitrogen and oxygen atoms in total. The minimum Gasteiger partial charge on any atom is -0.376 e. The van der Waals surface area contributed by atoms with E-state index in [0.29, 0.717) is 5.92 Å². The van der Waals surface area contributed by atoms with Crippen LogP contribution >= 0.6 is 0 Å². The number of hydrogen-bond donors (Lipinski definition) is 0. The molecule has 1 fully saturated rings. The van der Waals surface area contributed by atoms with Crippen molar-refractivity contribution in [3.63, 3.8) is 0 Å². The van der Waals surface area contributed by atoms with Gasteiger partial charge in [0.2, 0.25) is 0 Å². The highest BCUT2D eigenvalue weighted by molar-refractivity contribution is 5.08. The maximum Gasteiger partial charge on any atom is 0.112 e. The fraction of sp³-hybridized carbons (Fsp3) is 0.562. The van der Waals surface area contributed by atoms with E-state index < -0.39 is 0 Å². The zero-order chi connectivity index (χ0) is 14.9. The number of aryl methyl sites for hydroxylation is 1. The molecule has 0 unspecified atom stereocenters. The lowest BCUT2D eigenvalue weighted by Gasteiger charge is -2.35. The average molecular weight is 286 g/mol. The molecule has 3 heterocycles. The van der Waals surface area contributed by atoms with Gasteiger partial charge >= 0.3 is 0 Å². The molecule has 21 heavy (non-hydrogen) atoms. The minimum absolute atomic E-state index is 0.0661. The van der Waals surface area contributed by atoms with Crippen molar-refractivity contribution in [3.8, 4) is 0 Å². The molecule has 0 aromatic carbocycles. The standard InChI is InChI=1S/C16H22N4O/c1-12-9-19-14(10-18-12)11-20-6-5-17-15(20)13-4-7-21-16(2,3)8-13/h5-6,9-10,13H,4,7-8,11H2,1-3H3/t13-/m0/s1. The van der Waals surface area contributed by atoms with Crippen LogP contribution in [0.5, 0.6) is 0 Å². The van der Waals surface area contributed by atoms with Gasteiger partial charge in [-0.15, -0.1) is 0 Å². The van der Waals surface area contributed by atoms with Crippen molar-refractivity contribution >= 4 is 0 Å². The Labute approximate surface area is 125 Å². The van der Waals surface area contributed by atoms with Crippen LogP contribution in [0.3, 0.4) is 0 Å². The summed E-state index contributed by atoms with van der Waals surface area (Å²) < 4.78 is 7.99. The van der Waals surface area contributed by atoms with Crippen LogP contribution in [0.2, 0.25) is 0 Å². The predicted octanol–water partition coefficient (Wildman–Crippen LogP) is 2.70. The number of ether oxygens (including phenoxy) is 1. The molecule has 1 atom stereocenters. The van der Waals surface area contributed by atoms with Gasteiger partial charge in [0, 0.05) is 31.1 Å². The van der Waals surface area contributed by atoms with Crippen LogP contribution < -0.4 is 0 Å². The third-order valence-electron chi connectivity index (χ3n) is 3.98. The van der Waals surface area contributed by atoms with Crippen molar-refractivity contribution in [2.45, 2.75) is 51.7 Å². The maximum absolute atomic E-state index is 5.81. The molecule has 3 rings (SSSR count). The van der Waals surface area contributed by atoms with Crippen molar-refractivity contribution in [2.75, 3.05) is 6.61 Å². The van der Waals surface area contributed by atoms with Gasteiger partial charge in [0.1, 0.15) is 5.82 Å². The van der Waals surface area contributed by atoms with Crippen LogP contribution in [0.1, 0.15) is 49.8 Å². The quantitative estimate of drug-likeness (QED) is 0.870. The Morgan fingerprint density at radius 3 is 2.86 bits per heavy atom. The predicted molar refractivity (Wildman–Crippen MR) is 80.1 cm³/mol. The van der Waals surface area contributed by atoms with Gasteiger partial charge in [-0.05, 0) is 33.6 Å². The number of hydrogen-bond acceptors (Lipinski definition) is 4. The molecule has 0 aliphatic carbocycles. The summed E-state index contributed by atoms with van der Waals surface area (Å²) >= 11 is 0. The summed E-state index contributed by atoms with van der Waals surface area (Å²) in [7, 11) is 0. The lowest BCUT2D eigenvalue weighted by molar-refractivity contribution is -0.0606. The summed E-state index contributed by atoms with van der Waals surface area (Å²) in [6, 6.07) is 0. The van der Waals surface area contributed by atoms with E-state index >= 15 is 0 Å². The lowest BCUT2D eigenvalue weighted by atomic mass is 9.88. The van der Waals surface area contributed by atoms with Crippen LogP contribution in [0.4, 0.5) is 0 Å². The fourth-order valence-electron chi connectivity index (χ4n) is 2.94. The van der Waals surface area contributed by atoms with E-state index in [1.54, 1.807) is 0 Å². The minimum atomic E-state index is -0.0661. The van der Waals surface area contributed by atoms with E-state index in [9.17, 15) is 0 Å². The zero-order valence-electron chi connectivity index (χ0n) is 12.9. The molecule has 5 heteroatoms. The number of imidazole rings is 1. The molecule has 0 amide bonds. The van der Waals surface area contributed by atoms with E-state index in [0.717, 1.165) is 43.2 Å². The Morgan fingerprint density at radius 1 is 1.29 bits per heavy atom. The monoisotopic (exact) mass is 286 g/mol. The van der Waals surface area contributed by atoms with E-state index in [1.807, 2.05) is 31.7 Å². The summed E-state index contributed by atoms with van der Waals surface area (Å²) in [5.74, 6) is 1.58. The van der Waals surface area contributed by atoms with Crippen molar-refractivity contribution in [3.05, 3.63) is 42.0 Å². The molecule has 1 aliphatic rings. The van der Waals surface area contributed by atoms with Gasteiger partial charge in [0.25, 0.3) is 0 Å². The van der Waals surface area contributed by atoms with E-state index in [2.05, 4.69) is 33.4 Å². The molecule has 0 radical (unpaired) electrons. The summed E-state index contributed by atoms with van der Waals surface area (Å²) in [5.41, 5.74) is 1.84. The Balaban J connectivity index is 1.79. The SMILES string of the molecule is Cc1cnc(Cn2ccnc2[C@H]2CCOC(C)(C)C2)cn1. The second-order valence-corrected chi connectivity index (χ2v) is 6.36. The van der Waals surface area contributed by atoms with Crippen molar-refractivity contribution in [2.24, 2.45) is 0 Å². The van der Waals surface area contributed by atoms with Crippen LogP contribution in [0.25, 0.3) is 0 Å². The third kappa shape index (κ3) is 3.29. The largest absolute Gasteiger partial charge is 0.376 e. The molecule has 112 valence electrons. The topological polar surface area (TPSA) is 52.8 Å². The molecular formula is C16H22N4O. The van der Waals surface area contributed by atoms with Gasteiger partial charge in [-0.1, -0.05) is 0 Å². The summed E-state index contributed by atoms with van der Waals surface area (Å²) in [6.45, 7) is 7.77. The summed E-state index contributed by atoms with van der Waals surface area (Å²) in [4.78, 5) is 13.3. The molecule has 0 saturated carbocycles. The number of rotatable bonds is 3. The molecule has 1 saturated heterocycles. The van der Waals surface area contributed by atoms with Gasteiger partial charge in [0.05, 0.1) is 29.7 Å². The van der Waals surface area contributed by atoms with Gasteiger partial charge in [0.15, 0.2) is 0 Å². The molecule has 0 spiro atoms. The van der Waals surface area contributed by atoms with Crippen molar-refractivity contribution in [1.29, 1.82) is 0 Å². The molecular weight excluding hydrogens is 264 g/mol. The smallest absolute Gasteiger partial charge is 0.112 e. The first-order chi connectivity index (χ1) is 10.0. The Hall–Kier alpha value is -1.75. The highest BCUT2D eigenvalue weighted by Crippen LogP contribution is 2.34. The highest BCUT2D eigenvalue weighted by Gasteiger charge is 2.31. The molecule has 2 aromatic rings. The fourth-order valence-corrected chi connectivity index (χ4v) is 2.94. The Morgan fingerprint density at radius 2 is 2.14 bits per heavy atom. The van der Waals surface area contributed by atoms with Crippen LogP contribution in [-0.2, 0) is 11.3 Å². The number of aromatic nitrogens is 4. The third-order valence-corrected chi connectivity index (χ3v) is 3.98. The molecule has 0 N–H and O–H groups in total. The highest BCUT2D eigenvalue weighted by atomic mass is 16.5. The van der Waals surface area contributed by atoms with E-state index in [-0.39, 0.29) is 5.60 Å². The van der Waals surface area contributed by atoms with Gasteiger partial charge in [-0.25, -0.2) is 4.98 Å². The van der Waals surface area contributed by atoms with Crippen molar-refractivity contribution in [1.82, 2.24) is 19.5 Å². The maximum atomic E-state index is 5.81. The molecule has 0 bridgehead atoms. The van der Waals surface area contributed by atoms with Crippen LogP contribution in [0, 0.1) is 6.92 Å². The first-order valence-corrected chi connectivity index (χ1v) is 7.46. The average Bonchev–Trinajstić information content (AvgIpc) is 2.88. The van der Waals surface area contributed by atoms with Crippen LogP contribution in [0.15, 0.2) is 24.8 Å². The van der Waals surface area contributed by atoms with E-state index in [1.165, 1.54) is 0 Å². The first-order valence-electron chi connectivity index (χ1n) is 7.46. The van der Waals surface area contributed by atoms with E-state index in [4.69, 9.17) is 4.74 Å². The number of nitrogens with zero attached hydrogens (tertiary/aromatic N) is 4. The molecule has 2 aromatic heterocycles. The lowest BCUT2D eigenvalue weighted by Crippen LogP contribution is -2.34. The summed E-state index contributed by atoms with van der Waals surface area (Å²) in [6.07, 6.45) is 9.58. The zero-order valence-corrected chi connectivity index (χ0v) is 12.9. The Bertz CT molecular complexity index is 603. The Kier molecular flexibility index (Phi) is 3.76. The van der Waals surface area contributed by atoms with Gasteiger partial charge < -0.3 is 9.30 Å². The first kappa shape index (κ1) is 14.2. The second-order valence-electron chi connectivity index (χ2n) is 6.36. The van der Waals surface area contributed by atoms with Gasteiger partial charge in [-0.3, -0.25) is 9.97 Å². The second kappa shape index (κ2) is 5.56. The summed E-state index contributed by atoms with van der Waals surface area (Å²) in [5, 5.41) is 0. The van der Waals surface area contributed by atoms with Crippen LogP contribution in [-0.4, -0.2) is 31.7 Å². The molecule has 1 aliphatic heterocycles. The van der Waals surface area contributed by atoms with Crippen molar-refractivity contribution < 1.29 is 4.74 Å².